The molecule has 1 aliphatic heterocycles. The molecule has 0 saturated heterocycles. The first-order chi connectivity index (χ1) is 13.9. The van der Waals surface area contributed by atoms with E-state index in [4.69, 9.17) is 14.0 Å². The van der Waals surface area contributed by atoms with E-state index in [2.05, 4.69) is 10.5 Å². The molecule has 0 unspecified atom stereocenters. The average Bonchev–Trinajstić information content (AvgIpc) is 3.40. The normalized spacial score (nSPS) is 12.8. The van der Waals surface area contributed by atoms with Crippen molar-refractivity contribution < 1.29 is 18.8 Å². The maximum atomic E-state index is 12.9. The summed E-state index contributed by atoms with van der Waals surface area (Å²) in [5.74, 6) is 2.12. The van der Waals surface area contributed by atoms with Gasteiger partial charge in [-0.25, -0.2) is 4.79 Å². The van der Waals surface area contributed by atoms with Crippen LogP contribution in [0.3, 0.4) is 0 Å². The number of benzene rings is 1. The van der Waals surface area contributed by atoms with E-state index in [1.165, 1.54) is 0 Å². The lowest BCUT2D eigenvalue weighted by molar-refractivity contribution is 0.173. The second-order valence-corrected chi connectivity index (χ2v) is 8.83. The summed E-state index contributed by atoms with van der Waals surface area (Å²) in [4.78, 5) is 15.7. The van der Waals surface area contributed by atoms with Gasteiger partial charge in [-0.3, -0.25) is 0 Å². The van der Waals surface area contributed by atoms with Gasteiger partial charge in [-0.05, 0) is 49.9 Å². The summed E-state index contributed by atoms with van der Waals surface area (Å²) in [5, 5.41) is 9.16. The van der Waals surface area contributed by atoms with Crippen molar-refractivity contribution >= 4 is 17.4 Å². The SMILES string of the molecule is CC(C)(C)NC(=O)N(Cc1ccc2c(c1)OCO2)Cc1cc(-c2cccs2)on1. The Bertz CT molecular complexity index is 992. The molecule has 1 N–H and O–H groups in total. The van der Waals surface area contributed by atoms with Gasteiger partial charge < -0.3 is 24.2 Å². The monoisotopic (exact) mass is 413 g/mol. The van der Waals surface area contributed by atoms with Crippen LogP contribution in [0.5, 0.6) is 11.5 Å². The van der Waals surface area contributed by atoms with Gasteiger partial charge in [-0.1, -0.05) is 17.3 Å². The van der Waals surface area contributed by atoms with Crippen LogP contribution in [0.25, 0.3) is 10.6 Å². The van der Waals surface area contributed by atoms with Gasteiger partial charge in [-0.2, -0.15) is 0 Å². The predicted octanol–water partition coefficient (Wildman–Crippen LogP) is 4.64. The maximum absolute atomic E-state index is 12.9. The molecule has 1 aromatic carbocycles. The summed E-state index contributed by atoms with van der Waals surface area (Å²) in [6.45, 7) is 6.81. The lowest BCUT2D eigenvalue weighted by Gasteiger charge is -2.28. The number of hydrogen-bond acceptors (Lipinski definition) is 6. The summed E-state index contributed by atoms with van der Waals surface area (Å²) in [6.07, 6.45) is 0. The molecular weight excluding hydrogens is 390 g/mol. The Morgan fingerprint density at radius 3 is 2.76 bits per heavy atom. The van der Waals surface area contributed by atoms with Gasteiger partial charge in [0.2, 0.25) is 6.79 Å². The summed E-state index contributed by atoms with van der Waals surface area (Å²) in [6, 6.07) is 11.3. The highest BCUT2D eigenvalue weighted by atomic mass is 32.1. The van der Waals surface area contributed by atoms with Crippen LogP contribution in [0.4, 0.5) is 4.79 Å². The quantitative estimate of drug-likeness (QED) is 0.659. The van der Waals surface area contributed by atoms with E-state index in [1.54, 1.807) is 16.2 Å². The third-order valence-corrected chi connectivity index (χ3v) is 5.14. The zero-order valence-corrected chi connectivity index (χ0v) is 17.4. The van der Waals surface area contributed by atoms with E-state index in [1.807, 2.05) is 62.5 Å². The number of thiophene rings is 1. The number of aromatic nitrogens is 1. The van der Waals surface area contributed by atoms with E-state index in [-0.39, 0.29) is 18.4 Å². The van der Waals surface area contributed by atoms with Crippen LogP contribution in [-0.4, -0.2) is 28.4 Å². The molecule has 4 rings (SSSR count). The molecule has 0 spiro atoms. The number of urea groups is 1. The molecule has 0 atom stereocenters. The lowest BCUT2D eigenvalue weighted by Crippen LogP contribution is -2.48. The molecule has 0 saturated carbocycles. The van der Waals surface area contributed by atoms with Crippen LogP contribution in [0.15, 0.2) is 46.3 Å². The predicted molar refractivity (Wildman–Crippen MR) is 110 cm³/mol. The van der Waals surface area contributed by atoms with Crippen molar-refractivity contribution in [2.24, 2.45) is 0 Å². The zero-order chi connectivity index (χ0) is 20.4. The Morgan fingerprint density at radius 2 is 2.00 bits per heavy atom. The minimum Gasteiger partial charge on any atom is -0.454 e. The first-order valence-electron chi connectivity index (χ1n) is 9.32. The standard InChI is InChI=1S/C21H23N3O4S/c1-21(2,3)22-20(25)24(11-14-6-7-16-17(9-14)27-13-26-16)12-15-10-18(28-23-15)19-5-4-8-29-19/h4-10H,11-13H2,1-3H3,(H,22,25). The Hall–Kier alpha value is -3.00. The van der Waals surface area contributed by atoms with Crippen LogP contribution in [-0.2, 0) is 13.1 Å². The highest BCUT2D eigenvalue weighted by molar-refractivity contribution is 7.13. The summed E-state index contributed by atoms with van der Waals surface area (Å²) in [7, 11) is 0. The van der Waals surface area contributed by atoms with Crippen LogP contribution in [0.2, 0.25) is 0 Å². The number of hydrogen-bond donors (Lipinski definition) is 1. The van der Waals surface area contributed by atoms with Gasteiger partial charge in [0.25, 0.3) is 0 Å². The smallest absolute Gasteiger partial charge is 0.318 e. The fraction of sp³-hybridized carbons (Fsp3) is 0.333. The molecular formula is C21H23N3O4S. The van der Waals surface area contributed by atoms with Crippen molar-refractivity contribution in [3.05, 3.63) is 53.0 Å². The van der Waals surface area contributed by atoms with Crippen molar-refractivity contribution in [1.82, 2.24) is 15.4 Å². The van der Waals surface area contributed by atoms with Crippen molar-refractivity contribution in [2.45, 2.75) is 39.4 Å². The first-order valence-corrected chi connectivity index (χ1v) is 10.2. The molecule has 2 aromatic heterocycles. The second kappa shape index (κ2) is 7.79. The number of nitrogens with one attached hydrogen (secondary N) is 1. The number of fused-ring (bicyclic) bond motifs is 1. The van der Waals surface area contributed by atoms with Gasteiger partial charge in [0, 0.05) is 18.2 Å². The lowest BCUT2D eigenvalue weighted by atomic mass is 10.1. The largest absolute Gasteiger partial charge is 0.454 e. The number of amides is 2. The van der Waals surface area contributed by atoms with E-state index >= 15 is 0 Å². The Labute approximate surface area is 173 Å². The van der Waals surface area contributed by atoms with Crippen LogP contribution >= 0.6 is 11.3 Å². The van der Waals surface area contributed by atoms with Gasteiger partial charge in [0.15, 0.2) is 17.3 Å². The van der Waals surface area contributed by atoms with Crippen molar-refractivity contribution in [3.63, 3.8) is 0 Å². The fourth-order valence-electron chi connectivity index (χ4n) is 2.98. The van der Waals surface area contributed by atoms with Crippen molar-refractivity contribution in [2.75, 3.05) is 6.79 Å². The molecule has 8 heteroatoms. The van der Waals surface area contributed by atoms with Crippen LogP contribution < -0.4 is 14.8 Å². The molecule has 7 nitrogen and oxygen atoms in total. The Kier molecular flexibility index (Phi) is 5.19. The highest BCUT2D eigenvalue weighted by Crippen LogP contribution is 2.33. The van der Waals surface area contributed by atoms with E-state index in [0.29, 0.717) is 30.3 Å². The molecule has 0 fully saturated rings. The first kappa shape index (κ1) is 19.3. The van der Waals surface area contributed by atoms with Crippen LogP contribution in [0, 0.1) is 0 Å². The average molecular weight is 413 g/mol. The van der Waals surface area contributed by atoms with Gasteiger partial charge in [0.05, 0.1) is 11.4 Å². The number of rotatable bonds is 5. The van der Waals surface area contributed by atoms with E-state index < -0.39 is 0 Å². The summed E-state index contributed by atoms with van der Waals surface area (Å²) in [5.41, 5.74) is 1.29. The molecule has 0 radical (unpaired) electrons. The molecule has 1 aliphatic rings. The molecule has 29 heavy (non-hydrogen) atoms. The highest BCUT2D eigenvalue weighted by Gasteiger charge is 2.23. The molecule has 0 aliphatic carbocycles. The van der Waals surface area contributed by atoms with Gasteiger partial charge >= 0.3 is 6.03 Å². The number of nitrogens with zero attached hydrogens (tertiary/aromatic N) is 2. The summed E-state index contributed by atoms with van der Waals surface area (Å²) >= 11 is 1.58. The minimum atomic E-state index is -0.351. The molecule has 2 amide bonds. The maximum Gasteiger partial charge on any atom is 0.318 e. The molecule has 3 aromatic rings. The van der Waals surface area contributed by atoms with Gasteiger partial charge in [-0.15, -0.1) is 11.3 Å². The zero-order valence-electron chi connectivity index (χ0n) is 16.6. The van der Waals surface area contributed by atoms with E-state index in [9.17, 15) is 4.79 Å². The number of carbonyl (C=O) groups excluding carboxylic acids is 1. The van der Waals surface area contributed by atoms with Crippen LogP contribution in [0.1, 0.15) is 32.0 Å². The number of carbonyl (C=O) groups is 1. The molecule has 0 bridgehead atoms. The van der Waals surface area contributed by atoms with Gasteiger partial charge in [0.1, 0.15) is 5.69 Å². The summed E-state index contributed by atoms with van der Waals surface area (Å²) < 4.78 is 16.3. The second-order valence-electron chi connectivity index (χ2n) is 7.88. The third kappa shape index (κ3) is 4.71. The Balaban J connectivity index is 1.54. The fourth-order valence-corrected chi connectivity index (χ4v) is 3.65. The van der Waals surface area contributed by atoms with E-state index in [0.717, 1.165) is 16.2 Å². The Morgan fingerprint density at radius 1 is 1.17 bits per heavy atom. The molecule has 152 valence electrons. The number of ether oxygens (including phenoxy) is 2. The van der Waals surface area contributed by atoms with Crippen molar-refractivity contribution in [3.8, 4) is 22.1 Å². The topological polar surface area (TPSA) is 76.8 Å². The molecule has 3 heterocycles. The minimum absolute atomic E-state index is 0.171. The third-order valence-electron chi connectivity index (χ3n) is 4.26. The van der Waals surface area contributed by atoms with Crippen molar-refractivity contribution in [1.29, 1.82) is 0 Å².